The Morgan fingerprint density at radius 3 is 1.86 bits per heavy atom. The normalized spacial score (nSPS) is 11.7. The maximum Gasteiger partial charge on any atom is 0.269 e. The quantitative estimate of drug-likeness (QED) is 0.130. The fourth-order valence-electron chi connectivity index (χ4n) is 9.05. The van der Waals surface area contributed by atoms with Gasteiger partial charge >= 0.3 is 0 Å². The van der Waals surface area contributed by atoms with E-state index in [-0.39, 0.29) is 0 Å². The average Bonchev–Trinajstić information content (AvgIpc) is 3.86. The van der Waals surface area contributed by atoms with E-state index in [0.717, 1.165) is 78.4 Å². The first-order chi connectivity index (χ1) is 29.3. The summed E-state index contributed by atoms with van der Waals surface area (Å²) in [6, 6.07) is 70.6. The Labute approximate surface area is 340 Å². The van der Waals surface area contributed by atoms with E-state index in [4.69, 9.17) is 9.72 Å². The van der Waals surface area contributed by atoms with Crippen LogP contribution in [0.1, 0.15) is 0 Å². The fourth-order valence-corrected chi connectivity index (χ4v) is 9.05. The van der Waals surface area contributed by atoms with Gasteiger partial charge in [0.2, 0.25) is 0 Å². The van der Waals surface area contributed by atoms with Gasteiger partial charge in [-0.2, -0.15) is 0 Å². The van der Waals surface area contributed by atoms with E-state index < -0.39 is 0 Å². The Kier molecular flexibility index (Phi) is 7.47. The number of nitrogens with zero attached hydrogens (tertiary/aromatic N) is 4. The highest BCUT2D eigenvalue weighted by atomic mass is 16.5. The Morgan fingerprint density at radius 1 is 0.441 bits per heavy atom. The summed E-state index contributed by atoms with van der Waals surface area (Å²) in [4.78, 5) is 4.72. The van der Waals surface area contributed by atoms with Crippen molar-refractivity contribution in [2.24, 2.45) is 0 Å². The molecule has 1 aliphatic rings. The zero-order valence-electron chi connectivity index (χ0n) is 31.8. The second kappa shape index (κ2) is 13.3. The summed E-state index contributed by atoms with van der Waals surface area (Å²) in [5, 5.41) is 2.32. The van der Waals surface area contributed by atoms with Crippen LogP contribution in [0, 0.1) is 6.33 Å². The molecular weight excluding hydrogens is 721 g/mol. The Balaban J connectivity index is 1.06. The van der Waals surface area contributed by atoms with Gasteiger partial charge in [-0.3, -0.25) is 13.7 Å². The van der Waals surface area contributed by atoms with Crippen LogP contribution in [0.5, 0.6) is 11.5 Å². The second-order valence-corrected chi connectivity index (χ2v) is 14.9. The molecule has 0 N–H and O–H groups in total. The third-order valence-corrected chi connectivity index (χ3v) is 11.6. The van der Waals surface area contributed by atoms with E-state index >= 15 is 0 Å². The van der Waals surface area contributed by atoms with Crippen LogP contribution >= 0.6 is 0 Å². The first-order valence-corrected chi connectivity index (χ1v) is 19.9. The molecule has 0 amide bonds. The SMILES string of the molecule is [c-]1n(-c2cccc(Oc3ccc4c5ccccc5n(-c5ccccn5)c4c3)c2)c2cccc3c2[n+]1-c1c(-c2ccccc2)cccc1-c1ccccc1-c1ccccc1-3. The van der Waals surface area contributed by atoms with E-state index in [1.165, 1.54) is 27.6 Å². The molecule has 1 aliphatic heterocycles. The van der Waals surface area contributed by atoms with Crippen LogP contribution in [-0.2, 0) is 0 Å². The number of benzene rings is 8. The molecule has 0 spiro atoms. The predicted octanol–water partition coefficient (Wildman–Crippen LogP) is 13.0. The van der Waals surface area contributed by atoms with Crippen molar-refractivity contribution < 1.29 is 9.30 Å². The van der Waals surface area contributed by atoms with E-state index in [1.54, 1.807) is 0 Å². The lowest BCUT2D eigenvalue weighted by molar-refractivity contribution is -0.570. The highest BCUT2D eigenvalue weighted by molar-refractivity contribution is 6.09. The van der Waals surface area contributed by atoms with Crippen LogP contribution < -0.4 is 9.30 Å². The molecule has 0 atom stereocenters. The fraction of sp³-hybridized carbons (Fsp3) is 0. The maximum absolute atomic E-state index is 6.72. The average molecular weight is 755 g/mol. The zero-order chi connectivity index (χ0) is 38.9. The number of hydrogen-bond acceptors (Lipinski definition) is 2. The van der Waals surface area contributed by atoms with Gasteiger partial charge in [0.05, 0.1) is 33.4 Å². The number of aromatic nitrogens is 4. The van der Waals surface area contributed by atoms with Crippen molar-refractivity contribution in [3.63, 3.8) is 0 Å². The molecule has 0 bridgehead atoms. The van der Waals surface area contributed by atoms with Gasteiger partial charge in [0.1, 0.15) is 17.3 Å². The summed E-state index contributed by atoms with van der Waals surface area (Å²) in [5.41, 5.74) is 15.6. The van der Waals surface area contributed by atoms with Crippen molar-refractivity contribution >= 4 is 32.8 Å². The first-order valence-electron chi connectivity index (χ1n) is 19.9. The van der Waals surface area contributed by atoms with Crippen molar-refractivity contribution in [2.45, 2.75) is 0 Å². The van der Waals surface area contributed by atoms with Gasteiger partial charge in [0.15, 0.2) is 0 Å². The summed E-state index contributed by atoms with van der Waals surface area (Å²) in [6.07, 6.45) is 5.73. The third kappa shape index (κ3) is 5.25. The molecule has 0 fully saturated rings. The number of pyridine rings is 1. The number of ether oxygens (including phenoxy) is 1. The van der Waals surface area contributed by atoms with Crippen LogP contribution in [0.15, 0.2) is 206 Å². The molecule has 59 heavy (non-hydrogen) atoms. The van der Waals surface area contributed by atoms with Crippen molar-refractivity contribution in [1.82, 2.24) is 14.1 Å². The van der Waals surface area contributed by atoms with Gasteiger partial charge in [0.25, 0.3) is 6.33 Å². The molecule has 11 aromatic rings. The van der Waals surface area contributed by atoms with Gasteiger partial charge < -0.3 is 4.74 Å². The lowest BCUT2D eigenvalue weighted by atomic mass is 9.88. The van der Waals surface area contributed by atoms with E-state index in [0.29, 0.717) is 0 Å². The highest BCUT2D eigenvalue weighted by Crippen LogP contribution is 2.45. The molecule has 3 aromatic heterocycles. The molecule has 0 aliphatic carbocycles. The minimum Gasteiger partial charge on any atom is -0.458 e. The lowest BCUT2D eigenvalue weighted by Crippen LogP contribution is -2.32. The summed E-state index contributed by atoms with van der Waals surface area (Å²) < 4.78 is 13.4. The van der Waals surface area contributed by atoms with Crippen molar-refractivity contribution in [3.8, 4) is 73.2 Å². The van der Waals surface area contributed by atoms with Crippen molar-refractivity contribution in [3.05, 3.63) is 213 Å². The van der Waals surface area contributed by atoms with Crippen LogP contribution in [0.2, 0.25) is 0 Å². The van der Waals surface area contributed by atoms with Crippen LogP contribution in [0.4, 0.5) is 0 Å². The standard InChI is InChI=1S/C54H34N4O/c1-2-15-36(16-3-1)40-24-13-25-47-43-21-6-4-19-41(43)42-20-5-7-22-44(42)48-26-14-28-50-54(48)57(53(40)47)35-56(50)37-17-12-18-38(33-37)59-39-30-31-46-45-23-8-9-27-49(45)58(51(46)34-39)52-29-10-11-32-55-52/h1-34H. The highest BCUT2D eigenvalue weighted by Gasteiger charge is 2.26. The molecule has 0 radical (unpaired) electrons. The van der Waals surface area contributed by atoms with E-state index in [1.807, 2.05) is 30.5 Å². The Bertz CT molecular complexity index is 3420. The van der Waals surface area contributed by atoms with Crippen LogP contribution in [0.25, 0.3) is 94.5 Å². The summed E-state index contributed by atoms with van der Waals surface area (Å²) in [5.74, 6) is 2.33. The van der Waals surface area contributed by atoms with E-state index in [9.17, 15) is 0 Å². The van der Waals surface area contributed by atoms with Crippen molar-refractivity contribution in [2.75, 3.05) is 0 Å². The molecule has 5 heteroatoms. The molecule has 12 rings (SSSR count). The predicted molar refractivity (Wildman–Crippen MR) is 238 cm³/mol. The van der Waals surface area contributed by atoms with Gasteiger partial charge in [-0.05, 0) is 93.0 Å². The molecule has 0 saturated heterocycles. The second-order valence-electron chi connectivity index (χ2n) is 14.9. The number of para-hydroxylation sites is 3. The number of fused-ring (bicyclic) bond motifs is 10. The van der Waals surface area contributed by atoms with Gasteiger partial charge in [-0.25, -0.2) is 4.98 Å². The molecule has 276 valence electrons. The number of rotatable bonds is 5. The Hall–Kier alpha value is -8.02. The third-order valence-electron chi connectivity index (χ3n) is 11.6. The van der Waals surface area contributed by atoms with Crippen LogP contribution in [-0.4, -0.2) is 14.1 Å². The maximum atomic E-state index is 6.72. The number of imidazole rings is 1. The summed E-state index contributed by atoms with van der Waals surface area (Å²) >= 11 is 0. The lowest BCUT2D eigenvalue weighted by Gasteiger charge is -2.18. The van der Waals surface area contributed by atoms with Gasteiger partial charge in [-0.1, -0.05) is 146 Å². The summed E-state index contributed by atoms with van der Waals surface area (Å²) in [7, 11) is 0. The molecular formula is C54H34N4O. The molecule has 0 saturated carbocycles. The number of hydrogen-bond donors (Lipinski definition) is 0. The molecule has 4 heterocycles. The zero-order valence-corrected chi connectivity index (χ0v) is 31.8. The molecule has 0 unspecified atom stereocenters. The minimum absolute atomic E-state index is 0.728. The van der Waals surface area contributed by atoms with Crippen LogP contribution in [0.3, 0.4) is 0 Å². The summed E-state index contributed by atoms with van der Waals surface area (Å²) in [6.45, 7) is 0. The van der Waals surface area contributed by atoms with Gasteiger partial charge in [-0.15, -0.1) is 0 Å². The Morgan fingerprint density at radius 2 is 1.05 bits per heavy atom. The molecule has 8 aromatic carbocycles. The van der Waals surface area contributed by atoms with Crippen molar-refractivity contribution in [1.29, 1.82) is 0 Å². The van der Waals surface area contributed by atoms with Gasteiger partial charge in [0, 0.05) is 23.0 Å². The smallest absolute Gasteiger partial charge is 0.269 e. The topological polar surface area (TPSA) is 35.9 Å². The minimum atomic E-state index is 0.728. The first kappa shape index (κ1) is 33.2. The molecule has 5 nitrogen and oxygen atoms in total. The van der Waals surface area contributed by atoms with E-state index in [2.05, 4.69) is 196 Å². The monoisotopic (exact) mass is 754 g/mol. The largest absolute Gasteiger partial charge is 0.458 e.